The van der Waals surface area contributed by atoms with Gasteiger partial charge in [-0.15, -0.1) is 0 Å². The Balaban J connectivity index is 1.87. The van der Waals surface area contributed by atoms with Gasteiger partial charge in [0.05, 0.1) is 5.41 Å². The van der Waals surface area contributed by atoms with E-state index in [1.54, 1.807) is 0 Å². The lowest BCUT2D eigenvalue weighted by atomic mass is 9.81. The molecule has 0 spiro atoms. The van der Waals surface area contributed by atoms with Crippen molar-refractivity contribution in [3.63, 3.8) is 0 Å². The molecule has 0 saturated heterocycles. The second kappa shape index (κ2) is 7.00. The first-order valence-corrected chi connectivity index (χ1v) is 9.47. The molecule has 1 nitrogen and oxygen atoms in total. The first-order valence-electron chi connectivity index (χ1n) is 9.47. The normalized spacial score (nSPS) is 16.1. The van der Waals surface area contributed by atoms with Crippen LogP contribution < -0.4 is 0 Å². The van der Waals surface area contributed by atoms with Crippen LogP contribution in [0.15, 0.2) is 54.6 Å². The Morgan fingerprint density at radius 1 is 0.920 bits per heavy atom. The monoisotopic (exact) mass is 332 g/mol. The van der Waals surface area contributed by atoms with Gasteiger partial charge in [-0.2, -0.15) is 4.58 Å². The summed E-state index contributed by atoms with van der Waals surface area (Å²) < 4.78 is 2.32. The first kappa shape index (κ1) is 17.7. The van der Waals surface area contributed by atoms with Crippen LogP contribution in [0.1, 0.15) is 63.1 Å². The highest BCUT2D eigenvalue weighted by molar-refractivity contribution is 6.05. The second-order valence-corrected chi connectivity index (χ2v) is 7.60. The van der Waals surface area contributed by atoms with E-state index in [-0.39, 0.29) is 5.41 Å². The molecule has 1 heteroatoms. The van der Waals surface area contributed by atoms with Gasteiger partial charge < -0.3 is 0 Å². The van der Waals surface area contributed by atoms with Crippen molar-refractivity contribution in [2.24, 2.45) is 0 Å². The van der Waals surface area contributed by atoms with Crippen LogP contribution in [0, 0.1) is 0 Å². The van der Waals surface area contributed by atoms with Gasteiger partial charge in [-0.05, 0) is 49.8 Å². The van der Waals surface area contributed by atoms with Crippen LogP contribution >= 0.6 is 0 Å². The molecule has 0 N–H and O–H groups in total. The molecule has 0 fully saturated rings. The van der Waals surface area contributed by atoms with E-state index < -0.39 is 0 Å². The van der Waals surface area contributed by atoms with Crippen molar-refractivity contribution in [2.75, 3.05) is 7.05 Å². The minimum absolute atomic E-state index is 0.0390. The Morgan fingerprint density at radius 2 is 1.56 bits per heavy atom. The van der Waals surface area contributed by atoms with E-state index in [4.69, 9.17) is 0 Å². The van der Waals surface area contributed by atoms with E-state index >= 15 is 0 Å². The smallest absolute Gasteiger partial charge is 0.198 e. The van der Waals surface area contributed by atoms with Crippen molar-refractivity contribution in [3.8, 4) is 0 Å². The number of hydrogen-bond acceptors (Lipinski definition) is 0. The maximum atomic E-state index is 2.32. The number of benzene rings is 2. The zero-order chi connectivity index (χ0) is 18.0. The number of para-hydroxylation sites is 1. The Bertz CT molecular complexity index is 802. The van der Waals surface area contributed by atoms with E-state index in [0.717, 1.165) is 0 Å². The summed E-state index contributed by atoms with van der Waals surface area (Å²) in [5.41, 5.74) is 6.83. The van der Waals surface area contributed by atoms with E-state index in [9.17, 15) is 0 Å². The quantitative estimate of drug-likeness (QED) is 0.564. The highest BCUT2D eigenvalue weighted by atomic mass is 15.0. The summed E-state index contributed by atoms with van der Waals surface area (Å²) in [5.74, 6) is 0.682. The summed E-state index contributed by atoms with van der Waals surface area (Å²) in [6.45, 7) is 9.17. The van der Waals surface area contributed by atoms with Crippen molar-refractivity contribution >= 4 is 17.5 Å². The van der Waals surface area contributed by atoms with Crippen LogP contribution in [-0.2, 0) is 5.41 Å². The summed E-state index contributed by atoms with van der Waals surface area (Å²) in [4.78, 5) is 0. The van der Waals surface area contributed by atoms with Gasteiger partial charge in [0.1, 0.15) is 7.05 Å². The maximum Gasteiger partial charge on any atom is 0.209 e. The zero-order valence-corrected chi connectivity index (χ0v) is 16.2. The third-order valence-electron chi connectivity index (χ3n) is 5.77. The topological polar surface area (TPSA) is 3.01 Å². The molecule has 3 rings (SSSR count). The summed E-state index contributed by atoms with van der Waals surface area (Å²) in [6.07, 6.45) is 6.95. The molecule has 1 heterocycles. The van der Waals surface area contributed by atoms with Crippen LogP contribution in [-0.4, -0.2) is 17.3 Å². The van der Waals surface area contributed by atoms with Crippen LogP contribution in [0.4, 0.5) is 5.69 Å². The lowest BCUT2D eigenvalue weighted by Gasteiger charge is -2.15. The molecule has 25 heavy (non-hydrogen) atoms. The van der Waals surface area contributed by atoms with Crippen LogP contribution in [0.2, 0.25) is 0 Å². The molecule has 0 saturated carbocycles. The maximum absolute atomic E-state index is 2.32. The van der Waals surface area contributed by atoms with E-state index in [1.807, 2.05) is 0 Å². The third-order valence-corrected chi connectivity index (χ3v) is 5.77. The third kappa shape index (κ3) is 3.20. The minimum atomic E-state index is 0.0390. The number of rotatable bonds is 5. The fourth-order valence-corrected chi connectivity index (χ4v) is 4.12. The summed E-state index contributed by atoms with van der Waals surface area (Å²) >= 11 is 0. The molecular formula is C24H30N+. The largest absolute Gasteiger partial charge is 0.209 e. The van der Waals surface area contributed by atoms with Gasteiger partial charge >= 0.3 is 0 Å². The molecule has 2 aromatic carbocycles. The van der Waals surface area contributed by atoms with E-state index in [1.165, 1.54) is 40.9 Å². The van der Waals surface area contributed by atoms with Crippen molar-refractivity contribution in [2.45, 2.75) is 51.9 Å². The highest BCUT2D eigenvalue weighted by Gasteiger charge is 2.42. The molecular weight excluding hydrogens is 302 g/mol. The molecule has 0 aromatic heterocycles. The van der Waals surface area contributed by atoms with E-state index in [0.29, 0.717) is 5.92 Å². The first-order chi connectivity index (χ1) is 12.0. The van der Waals surface area contributed by atoms with E-state index in [2.05, 4.69) is 100 Å². The number of hydrogen-bond donors (Lipinski definition) is 0. The number of allylic oxidation sites excluding steroid dienone is 1. The van der Waals surface area contributed by atoms with Gasteiger partial charge in [0.15, 0.2) is 5.71 Å². The lowest BCUT2D eigenvalue weighted by Crippen LogP contribution is -2.26. The number of nitrogens with zero attached hydrogens (tertiary/aromatic N) is 1. The molecule has 1 aliphatic rings. The highest BCUT2D eigenvalue weighted by Crippen LogP contribution is 2.39. The Hall–Kier alpha value is -2.15. The Morgan fingerprint density at radius 3 is 2.16 bits per heavy atom. The Kier molecular flexibility index (Phi) is 4.94. The average Bonchev–Trinajstić information content (AvgIpc) is 2.82. The van der Waals surface area contributed by atoms with Gasteiger partial charge in [-0.25, -0.2) is 0 Å². The standard InChI is InChI=1S/C24H30N/c1-6-19(7-2)20-15-12-18(13-16-20)14-17-23-24(3,4)21-10-8-9-11-22(21)25(23)5/h8-17,19H,6-7H2,1-5H3/q+1. The SMILES string of the molecule is CCC(CC)c1ccc(C=CC2=[N+](C)c3ccccc3C2(C)C)cc1. The average molecular weight is 333 g/mol. The lowest BCUT2D eigenvalue weighted by molar-refractivity contribution is -0.401. The van der Waals surface area contributed by atoms with Crippen molar-refractivity contribution in [3.05, 3.63) is 71.3 Å². The fourth-order valence-electron chi connectivity index (χ4n) is 4.12. The van der Waals surface area contributed by atoms with Crippen LogP contribution in [0.3, 0.4) is 0 Å². The van der Waals surface area contributed by atoms with Gasteiger partial charge in [0.25, 0.3) is 0 Å². The molecule has 0 aliphatic carbocycles. The minimum Gasteiger partial charge on any atom is -0.198 e. The van der Waals surface area contributed by atoms with Crippen molar-refractivity contribution < 1.29 is 4.58 Å². The van der Waals surface area contributed by atoms with Gasteiger partial charge in [-0.1, -0.05) is 56.3 Å². The fraction of sp³-hybridized carbons (Fsp3) is 0.375. The molecule has 0 unspecified atom stereocenters. The predicted octanol–water partition coefficient (Wildman–Crippen LogP) is 6.31. The van der Waals surface area contributed by atoms with Gasteiger partial charge in [0, 0.05) is 17.7 Å². The Labute approximate surface area is 152 Å². The molecule has 0 amide bonds. The van der Waals surface area contributed by atoms with Crippen molar-refractivity contribution in [1.82, 2.24) is 0 Å². The summed E-state index contributed by atoms with van der Waals surface area (Å²) in [6, 6.07) is 17.8. The molecule has 1 aliphatic heterocycles. The van der Waals surface area contributed by atoms with Crippen LogP contribution in [0.25, 0.3) is 6.08 Å². The van der Waals surface area contributed by atoms with Crippen LogP contribution in [0.5, 0.6) is 0 Å². The molecule has 0 radical (unpaired) electrons. The predicted molar refractivity (Wildman–Crippen MR) is 109 cm³/mol. The second-order valence-electron chi connectivity index (χ2n) is 7.60. The molecule has 0 atom stereocenters. The molecule has 0 bridgehead atoms. The zero-order valence-electron chi connectivity index (χ0n) is 16.2. The van der Waals surface area contributed by atoms with Gasteiger partial charge in [-0.3, -0.25) is 0 Å². The number of fused-ring (bicyclic) bond motifs is 1. The molecule has 130 valence electrons. The molecule has 2 aromatic rings. The summed E-state index contributed by atoms with van der Waals surface area (Å²) in [5, 5.41) is 0. The van der Waals surface area contributed by atoms with Crippen molar-refractivity contribution in [1.29, 1.82) is 0 Å². The summed E-state index contributed by atoms with van der Waals surface area (Å²) in [7, 11) is 2.17. The van der Waals surface area contributed by atoms with Gasteiger partial charge in [0.2, 0.25) is 5.69 Å².